The van der Waals surface area contributed by atoms with Crippen molar-refractivity contribution >= 4 is 11.6 Å². The van der Waals surface area contributed by atoms with Gasteiger partial charge in [0.2, 0.25) is 0 Å². The summed E-state index contributed by atoms with van der Waals surface area (Å²) < 4.78 is 44.1. The van der Waals surface area contributed by atoms with Crippen molar-refractivity contribution in [3.63, 3.8) is 0 Å². The summed E-state index contributed by atoms with van der Waals surface area (Å²) in [5.41, 5.74) is -3.26. The van der Waals surface area contributed by atoms with Gasteiger partial charge in [0.25, 0.3) is 11.6 Å². The molecule has 0 saturated heterocycles. The van der Waals surface area contributed by atoms with Crippen LogP contribution in [0.1, 0.15) is 35.9 Å². The first kappa shape index (κ1) is 14.6. The van der Waals surface area contributed by atoms with E-state index < -0.39 is 24.2 Å². The van der Waals surface area contributed by atoms with Gasteiger partial charge in [-0.2, -0.15) is 23.3 Å². The molecular weight excluding hydrogens is 277 g/mol. The summed E-state index contributed by atoms with van der Waals surface area (Å²) in [6.45, 7) is 3.05. The summed E-state index contributed by atoms with van der Waals surface area (Å²) >= 11 is 0. The molecule has 8 heteroatoms. The first-order chi connectivity index (χ1) is 9.20. The maximum Gasteiger partial charge on any atom is 0.438 e. The highest BCUT2D eigenvalue weighted by Crippen LogP contribution is 2.41. The van der Waals surface area contributed by atoms with Gasteiger partial charge in [0.05, 0.1) is 11.8 Å². The third-order valence-electron chi connectivity index (χ3n) is 3.19. The molecule has 20 heavy (non-hydrogen) atoms. The number of rotatable bonds is 2. The second-order valence-corrected chi connectivity index (χ2v) is 4.52. The smallest absolute Gasteiger partial charge is 0.438 e. The lowest BCUT2D eigenvalue weighted by Crippen LogP contribution is -2.56. The fourth-order valence-corrected chi connectivity index (χ4v) is 1.97. The van der Waals surface area contributed by atoms with Crippen molar-refractivity contribution in [1.29, 1.82) is 0 Å². The Morgan fingerprint density at radius 1 is 1.60 bits per heavy atom. The van der Waals surface area contributed by atoms with Gasteiger partial charge in [-0.25, -0.2) is 0 Å². The van der Waals surface area contributed by atoms with Crippen molar-refractivity contribution < 1.29 is 27.5 Å². The molecule has 0 radical (unpaired) electrons. The number of furan rings is 1. The van der Waals surface area contributed by atoms with Crippen LogP contribution in [-0.4, -0.2) is 33.6 Å². The maximum absolute atomic E-state index is 13.1. The summed E-state index contributed by atoms with van der Waals surface area (Å²) in [5.74, 6) is -0.876. The Hall–Kier alpha value is -1.83. The molecule has 0 fully saturated rings. The quantitative estimate of drug-likeness (QED) is 0.909. The van der Waals surface area contributed by atoms with Crippen LogP contribution in [0, 0.1) is 6.92 Å². The van der Waals surface area contributed by atoms with Crippen molar-refractivity contribution in [2.45, 2.75) is 38.6 Å². The molecule has 1 aliphatic heterocycles. The minimum absolute atomic E-state index is 0.0613. The van der Waals surface area contributed by atoms with Gasteiger partial charge in [0.1, 0.15) is 5.76 Å². The molecule has 1 aliphatic rings. The van der Waals surface area contributed by atoms with Crippen LogP contribution in [0.2, 0.25) is 0 Å². The van der Waals surface area contributed by atoms with Crippen LogP contribution < -0.4 is 0 Å². The Kier molecular flexibility index (Phi) is 3.37. The molecule has 2 heterocycles. The summed E-state index contributed by atoms with van der Waals surface area (Å²) in [5, 5.41) is 13.6. The first-order valence-corrected chi connectivity index (χ1v) is 5.95. The number of carbonyl (C=O) groups is 1. The monoisotopic (exact) mass is 290 g/mol. The number of amides is 1. The molecule has 0 saturated carbocycles. The van der Waals surface area contributed by atoms with E-state index in [1.807, 2.05) is 0 Å². The van der Waals surface area contributed by atoms with E-state index in [0.717, 1.165) is 0 Å². The highest BCUT2D eigenvalue weighted by molar-refractivity contribution is 5.98. The molecule has 0 aromatic carbocycles. The number of halogens is 3. The molecule has 0 spiro atoms. The van der Waals surface area contributed by atoms with Crippen molar-refractivity contribution in [2.75, 3.05) is 0 Å². The maximum atomic E-state index is 13.1. The molecule has 5 nitrogen and oxygen atoms in total. The minimum Gasteiger partial charge on any atom is -0.469 e. The zero-order valence-corrected chi connectivity index (χ0v) is 10.9. The normalized spacial score (nSPS) is 23.1. The molecule has 0 aliphatic carbocycles. The van der Waals surface area contributed by atoms with Gasteiger partial charge >= 0.3 is 6.18 Å². The lowest BCUT2D eigenvalue weighted by molar-refractivity contribution is -0.297. The Labute approximate surface area is 112 Å². The summed E-state index contributed by atoms with van der Waals surface area (Å²) in [6, 6.07) is 1.24. The van der Waals surface area contributed by atoms with Crippen LogP contribution in [0.4, 0.5) is 13.2 Å². The van der Waals surface area contributed by atoms with Crippen LogP contribution >= 0.6 is 0 Å². The largest absolute Gasteiger partial charge is 0.469 e. The average molecular weight is 290 g/mol. The van der Waals surface area contributed by atoms with E-state index in [4.69, 9.17) is 4.42 Å². The number of nitrogens with zero attached hydrogens (tertiary/aromatic N) is 2. The lowest BCUT2D eigenvalue weighted by atomic mass is 10.0. The third-order valence-corrected chi connectivity index (χ3v) is 3.19. The number of alkyl halides is 3. The Bertz CT molecular complexity index is 565. The number of aliphatic hydroxyl groups is 1. The SMILES string of the molecule is CCC1=NN(C(=O)c2ccoc2C)[C@@](O)(C(F)(F)F)C1. The predicted molar refractivity (Wildman–Crippen MR) is 63.0 cm³/mol. The van der Waals surface area contributed by atoms with Gasteiger partial charge < -0.3 is 9.52 Å². The summed E-state index contributed by atoms with van der Waals surface area (Å²) in [4.78, 5) is 12.2. The van der Waals surface area contributed by atoms with E-state index >= 15 is 0 Å². The standard InChI is InChI=1S/C12H13F3N2O3/c1-3-8-6-11(19,12(13,14)15)17(16-8)10(18)9-4-5-20-7(9)2/h4-5,19H,3,6H2,1-2H3/t11-/m0/s1. The molecule has 0 unspecified atom stereocenters. The van der Waals surface area contributed by atoms with E-state index in [9.17, 15) is 23.1 Å². The number of hydrazone groups is 1. The number of hydrogen-bond acceptors (Lipinski definition) is 4. The molecule has 110 valence electrons. The van der Waals surface area contributed by atoms with Crippen molar-refractivity contribution in [1.82, 2.24) is 5.01 Å². The lowest BCUT2D eigenvalue weighted by Gasteiger charge is -2.32. The third kappa shape index (κ3) is 2.09. The zero-order valence-electron chi connectivity index (χ0n) is 10.9. The van der Waals surface area contributed by atoms with E-state index in [1.54, 1.807) is 6.92 Å². The molecule has 2 rings (SSSR count). The fourth-order valence-electron chi connectivity index (χ4n) is 1.97. The van der Waals surface area contributed by atoms with Crippen LogP contribution in [0.3, 0.4) is 0 Å². The highest BCUT2D eigenvalue weighted by atomic mass is 19.4. The average Bonchev–Trinajstić information content (AvgIpc) is 2.92. The van der Waals surface area contributed by atoms with Gasteiger partial charge in [-0.3, -0.25) is 4.79 Å². The van der Waals surface area contributed by atoms with Gasteiger partial charge in [-0.1, -0.05) is 6.92 Å². The topological polar surface area (TPSA) is 66.0 Å². The molecule has 1 aromatic heterocycles. The molecule has 1 N–H and O–H groups in total. The Balaban J connectivity index is 2.43. The predicted octanol–water partition coefficient (Wildman–Crippen LogP) is 2.45. The van der Waals surface area contributed by atoms with E-state index in [0.29, 0.717) is 0 Å². The van der Waals surface area contributed by atoms with Gasteiger partial charge in [-0.15, -0.1) is 0 Å². The van der Waals surface area contributed by atoms with Crippen LogP contribution in [-0.2, 0) is 0 Å². The van der Waals surface area contributed by atoms with Crippen molar-refractivity contribution in [2.24, 2.45) is 5.10 Å². The molecular formula is C12H13F3N2O3. The fraction of sp³-hybridized carbons (Fsp3) is 0.500. The Morgan fingerprint density at radius 3 is 2.70 bits per heavy atom. The van der Waals surface area contributed by atoms with Gasteiger partial charge in [0, 0.05) is 12.1 Å². The van der Waals surface area contributed by atoms with Gasteiger partial charge in [0.15, 0.2) is 0 Å². The van der Waals surface area contributed by atoms with Gasteiger partial charge in [-0.05, 0) is 19.4 Å². The molecule has 1 atom stereocenters. The van der Waals surface area contributed by atoms with Crippen LogP contribution in [0.25, 0.3) is 0 Å². The number of carbonyl (C=O) groups excluding carboxylic acids is 1. The minimum atomic E-state index is -5.00. The Morgan fingerprint density at radius 2 is 2.25 bits per heavy atom. The first-order valence-electron chi connectivity index (χ1n) is 5.95. The van der Waals surface area contributed by atoms with E-state index in [-0.39, 0.29) is 28.5 Å². The second-order valence-electron chi connectivity index (χ2n) is 4.52. The molecule has 1 aromatic rings. The zero-order chi connectivity index (χ0) is 15.1. The van der Waals surface area contributed by atoms with Crippen LogP contribution in [0.15, 0.2) is 21.8 Å². The summed E-state index contributed by atoms with van der Waals surface area (Å²) in [7, 11) is 0. The highest BCUT2D eigenvalue weighted by Gasteiger charge is 2.63. The summed E-state index contributed by atoms with van der Waals surface area (Å²) in [6.07, 6.45) is -4.33. The van der Waals surface area contributed by atoms with E-state index in [1.165, 1.54) is 19.3 Å². The molecule has 1 amide bonds. The van der Waals surface area contributed by atoms with Crippen LogP contribution in [0.5, 0.6) is 0 Å². The van der Waals surface area contributed by atoms with Crippen molar-refractivity contribution in [3.05, 3.63) is 23.7 Å². The van der Waals surface area contributed by atoms with E-state index in [2.05, 4.69) is 5.10 Å². The van der Waals surface area contributed by atoms with Crippen molar-refractivity contribution in [3.8, 4) is 0 Å². The number of aryl methyl sites for hydroxylation is 1. The molecule has 0 bridgehead atoms. The number of hydrogen-bond donors (Lipinski definition) is 1. The second kappa shape index (κ2) is 4.62.